The highest BCUT2D eigenvalue weighted by Crippen LogP contribution is 2.00. The fraction of sp³-hybridized carbons (Fsp3) is 0.818. The standard InChI is InChI=1S/C11H22N2O4S/c1-13(6-8-18-3)11(16)12-9(10(14)15)5-4-7-17-2/h9H,4-8H2,1-3H3,(H,12,16)(H,14,15). The third kappa shape index (κ3) is 7.39. The van der Waals surface area contributed by atoms with Crippen LogP contribution >= 0.6 is 11.8 Å². The number of hydrogen-bond donors (Lipinski definition) is 2. The molecule has 0 heterocycles. The zero-order valence-corrected chi connectivity index (χ0v) is 12.0. The summed E-state index contributed by atoms with van der Waals surface area (Å²) in [5.74, 6) is -0.191. The number of rotatable bonds is 9. The second kappa shape index (κ2) is 10.0. The van der Waals surface area contributed by atoms with E-state index >= 15 is 0 Å². The third-order valence-electron chi connectivity index (χ3n) is 2.41. The summed E-state index contributed by atoms with van der Waals surface area (Å²) >= 11 is 1.63. The normalized spacial score (nSPS) is 11.9. The predicted molar refractivity (Wildman–Crippen MR) is 72.1 cm³/mol. The van der Waals surface area contributed by atoms with Gasteiger partial charge >= 0.3 is 12.0 Å². The van der Waals surface area contributed by atoms with Gasteiger partial charge in [0, 0.05) is 33.1 Å². The second-order valence-corrected chi connectivity index (χ2v) is 4.88. The van der Waals surface area contributed by atoms with Crippen molar-refractivity contribution in [2.75, 3.05) is 39.3 Å². The third-order valence-corrected chi connectivity index (χ3v) is 3.01. The van der Waals surface area contributed by atoms with E-state index < -0.39 is 12.0 Å². The van der Waals surface area contributed by atoms with Crippen LogP contribution < -0.4 is 5.32 Å². The Balaban J connectivity index is 4.14. The Hall–Kier alpha value is -0.950. The number of thioether (sulfide) groups is 1. The van der Waals surface area contributed by atoms with Crippen LogP contribution in [0.3, 0.4) is 0 Å². The molecule has 1 unspecified atom stereocenters. The topological polar surface area (TPSA) is 78.9 Å². The quantitative estimate of drug-likeness (QED) is 0.612. The summed E-state index contributed by atoms with van der Waals surface area (Å²) in [5, 5.41) is 11.5. The molecule has 0 rings (SSSR count). The van der Waals surface area contributed by atoms with Gasteiger partial charge in [-0.1, -0.05) is 0 Å². The van der Waals surface area contributed by atoms with Gasteiger partial charge in [-0.05, 0) is 19.1 Å². The van der Waals surface area contributed by atoms with E-state index in [0.717, 1.165) is 5.75 Å². The lowest BCUT2D eigenvalue weighted by Crippen LogP contribution is -2.47. The van der Waals surface area contributed by atoms with Crippen LogP contribution in [-0.2, 0) is 9.53 Å². The van der Waals surface area contributed by atoms with Gasteiger partial charge in [-0.15, -0.1) is 0 Å². The number of amides is 2. The van der Waals surface area contributed by atoms with Crippen molar-refractivity contribution in [3.05, 3.63) is 0 Å². The number of carbonyl (C=O) groups excluding carboxylic acids is 1. The van der Waals surface area contributed by atoms with Crippen molar-refractivity contribution in [1.29, 1.82) is 0 Å². The van der Waals surface area contributed by atoms with E-state index in [4.69, 9.17) is 9.84 Å². The number of nitrogens with zero attached hydrogens (tertiary/aromatic N) is 1. The zero-order chi connectivity index (χ0) is 14.0. The number of carboxylic acid groups (broad SMARTS) is 1. The Morgan fingerprint density at radius 2 is 2.17 bits per heavy atom. The maximum absolute atomic E-state index is 11.7. The lowest BCUT2D eigenvalue weighted by atomic mass is 10.1. The van der Waals surface area contributed by atoms with Crippen LogP contribution in [0.15, 0.2) is 0 Å². The molecule has 0 spiro atoms. The van der Waals surface area contributed by atoms with Crippen molar-refractivity contribution >= 4 is 23.8 Å². The summed E-state index contributed by atoms with van der Waals surface area (Å²) in [6.45, 7) is 1.08. The maximum atomic E-state index is 11.7. The Kier molecular flexibility index (Phi) is 9.49. The summed E-state index contributed by atoms with van der Waals surface area (Å²) in [5.41, 5.74) is 0. The number of hydrogen-bond acceptors (Lipinski definition) is 4. The average Bonchev–Trinajstić information content (AvgIpc) is 2.34. The SMILES string of the molecule is COCCCC(NC(=O)N(C)CCSC)C(=O)O. The van der Waals surface area contributed by atoms with Crippen molar-refractivity contribution < 1.29 is 19.4 Å². The lowest BCUT2D eigenvalue weighted by Gasteiger charge is -2.21. The highest BCUT2D eigenvalue weighted by molar-refractivity contribution is 7.98. The summed E-state index contributed by atoms with van der Waals surface area (Å²) in [6, 6.07) is -1.21. The molecule has 0 saturated heterocycles. The molecule has 2 N–H and O–H groups in total. The maximum Gasteiger partial charge on any atom is 0.326 e. The van der Waals surface area contributed by atoms with Gasteiger partial charge in [0.05, 0.1) is 0 Å². The van der Waals surface area contributed by atoms with Crippen molar-refractivity contribution in [3.8, 4) is 0 Å². The number of urea groups is 1. The van der Waals surface area contributed by atoms with Crippen LogP contribution in [0.4, 0.5) is 4.79 Å². The molecule has 0 radical (unpaired) electrons. The number of carbonyl (C=O) groups is 2. The summed E-state index contributed by atoms with van der Waals surface area (Å²) in [7, 11) is 3.21. The van der Waals surface area contributed by atoms with Gasteiger partial charge < -0.3 is 20.1 Å². The largest absolute Gasteiger partial charge is 0.480 e. The van der Waals surface area contributed by atoms with Crippen LogP contribution in [0.5, 0.6) is 0 Å². The number of aliphatic carboxylic acids is 1. The van der Waals surface area contributed by atoms with E-state index in [9.17, 15) is 9.59 Å². The summed E-state index contributed by atoms with van der Waals surface area (Å²) < 4.78 is 4.86. The van der Waals surface area contributed by atoms with E-state index in [1.165, 1.54) is 4.90 Å². The molecule has 7 heteroatoms. The van der Waals surface area contributed by atoms with Gasteiger partial charge in [0.25, 0.3) is 0 Å². The van der Waals surface area contributed by atoms with Crippen molar-refractivity contribution in [2.45, 2.75) is 18.9 Å². The minimum Gasteiger partial charge on any atom is -0.480 e. The fourth-order valence-electron chi connectivity index (χ4n) is 1.28. The van der Waals surface area contributed by atoms with Crippen LogP contribution in [0, 0.1) is 0 Å². The molecule has 0 fully saturated rings. The predicted octanol–water partition coefficient (Wildman–Crippen LogP) is 0.871. The zero-order valence-electron chi connectivity index (χ0n) is 11.1. The minimum atomic E-state index is -1.02. The van der Waals surface area contributed by atoms with Gasteiger partial charge in [-0.2, -0.15) is 11.8 Å². The molecule has 2 amide bonds. The minimum absolute atomic E-state index is 0.353. The monoisotopic (exact) mass is 278 g/mol. The van der Waals surface area contributed by atoms with Crippen LogP contribution in [0.1, 0.15) is 12.8 Å². The molecule has 106 valence electrons. The van der Waals surface area contributed by atoms with Gasteiger partial charge in [0.1, 0.15) is 6.04 Å². The second-order valence-electron chi connectivity index (χ2n) is 3.89. The lowest BCUT2D eigenvalue weighted by molar-refractivity contribution is -0.139. The Morgan fingerprint density at radius 1 is 1.50 bits per heavy atom. The Bertz CT molecular complexity index is 263. The number of methoxy groups -OCH3 is 1. The number of ether oxygens (including phenoxy) is 1. The highest BCUT2D eigenvalue weighted by atomic mass is 32.2. The molecule has 0 aromatic rings. The molecule has 0 aliphatic rings. The van der Waals surface area contributed by atoms with Gasteiger partial charge in [0.2, 0.25) is 0 Å². The molecule has 0 aliphatic carbocycles. The van der Waals surface area contributed by atoms with E-state index in [1.807, 2.05) is 6.26 Å². The summed E-state index contributed by atoms with van der Waals surface area (Å²) in [4.78, 5) is 24.2. The van der Waals surface area contributed by atoms with Crippen molar-refractivity contribution in [1.82, 2.24) is 10.2 Å². The van der Waals surface area contributed by atoms with Gasteiger partial charge in [0.15, 0.2) is 0 Å². The first kappa shape index (κ1) is 17.1. The van der Waals surface area contributed by atoms with E-state index in [2.05, 4.69) is 5.32 Å². The van der Waals surface area contributed by atoms with Gasteiger partial charge in [-0.3, -0.25) is 0 Å². The van der Waals surface area contributed by atoms with Crippen molar-refractivity contribution in [3.63, 3.8) is 0 Å². The van der Waals surface area contributed by atoms with Crippen LogP contribution in [-0.4, -0.2) is 67.4 Å². The van der Waals surface area contributed by atoms with E-state index in [-0.39, 0.29) is 6.03 Å². The van der Waals surface area contributed by atoms with Crippen molar-refractivity contribution in [2.24, 2.45) is 0 Å². The molecule has 0 aliphatic heterocycles. The molecule has 0 aromatic heterocycles. The first-order chi connectivity index (χ1) is 8.52. The molecule has 18 heavy (non-hydrogen) atoms. The number of carboxylic acids is 1. The average molecular weight is 278 g/mol. The van der Waals surface area contributed by atoms with E-state index in [1.54, 1.807) is 25.9 Å². The molecular formula is C11H22N2O4S. The van der Waals surface area contributed by atoms with Crippen LogP contribution in [0.2, 0.25) is 0 Å². The Labute approximate surface area is 112 Å². The first-order valence-electron chi connectivity index (χ1n) is 5.75. The van der Waals surface area contributed by atoms with E-state index in [0.29, 0.717) is 26.0 Å². The first-order valence-corrected chi connectivity index (χ1v) is 7.14. The Morgan fingerprint density at radius 3 is 2.67 bits per heavy atom. The highest BCUT2D eigenvalue weighted by Gasteiger charge is 2.20. The van der Waals surface area contributed by atoms with Gasteiger partial charge in [-0.25, -0.2) is 9.59 Å². The fourth-order valence-corrected chi connectivity index (χ4v) is 1.73. The molecular weight excluding hydrogens is 256 g/mol. The molecule has 0 saturated carbocycles. The molecule has 0 aromatic carbocycles. The summed E-state index contributed by atoms with van der Waals surface area (Å²) in [6.07, 6.45) is 2.92. The smallest absolute Gasteiger partial charge is 0.326 e. The number of nitrogens with one attached hydrogen (secondary N) is 1. The van der Waals surface area contributed by atoms with Crippen LogP contribution in [0.25, 0.3) is 0 Å². The molecule has 1 atom stereocenters. The molecule has 6 nitrogen and oxygen atoms in total. The molecule has 0 bridgehead atoms.